The summed E-state index contributed by atoms with van der Waals surface area (Å²) in [4.78, 5) is 16.6. The third-order valence-electron chi connectivity index (χ3n) is 1.76. The van der Waals surface area contributed by atoms with Crippen molar-refractivity contribution in [2.75, 3.05) is 6.26 Å². The van der Waals surface area contributed by atoms with E-state index in [9.17, 15) is 0 Å². The smallest absolute Gasteiger partial charge is 0.188 e. The van der Waals surface area contributed by atoms with Gasteiger partial charge < -0.3 is 0 Å². The molecule has 2 heterocycles. The number of hydrogen-bond acceptors (Lipinski definition) is 5. The van der Waals surface area contributed by atoms with Crippen molar-refractivity contribution in [3.05, 3.63) is 24.8 Å². The minimum absolute atomic E-state index is 0.718. The van der Waals surface area contributed by atoms with Gasteiger partial charge in [-0.2, -0.15) is 0 Å². The normalized spacial score (nSPS) is 10.4. The lowest BCUT2D eigenvalue weighted by molar-refractivity contribution is 0.989. The zero-order valence-corrected chi connectivity index (χ0v) is 8.45. The Morgan fingerprint density at radius 3 is 2.93 bits per heavy atom. The van der Waals surface area contributed by atoms with Crippen LogP contribution in [0.3, 0.4) is 0 Å². The molecule has 0 spiro atoms. The first kappa shape index (κ1) is 9.08. The maximum absolute atomic E-state index is 4.32. The van der Waals surface area contributed by atoms with Gasteiger partial charge in [0.25, 0.3) is 0 Å². The molecule has 0 radical (unpaired) electrons. The largest absolute Gasteiger partial charge is 0.235 e. The van der Waals surface area contributed by atoms with Crippen LogP contribution in [0.15, 0.2) is 24.3 Å². The van der Waals surface area contributed by atoms with Gasteiger partial charge >= 0.3 is 0 Å². The van der Waals surface area contributed by atoms with Crippen molar-refractivity contribution in [1.29, 1.82) is 0 Å². The van der Waals surface area contributed by atoms with Crippen molar-refractivity contribution in [3.63, 3.8) is 0 Å². The summed E-state index contributed by atoms with van der Waals surface area (Å²) in [5.41, 5.74) is 2.24. The molecular weight excluding hydrogens is 196 g/mol. The van der Waals surface area contributed by atoms with Crippen molar-refractivity contribution in [2.45, 2.75) is 5.16 Å². The fraction of sp³-hybridized carbons (Fsp3) is 0.111. The van der Waals surface area contributed by atoms with Crippen LogP contribution in [-0.2, 0) is 0 Å². The Hall–Kier alpha value is -1.49. The molecule has 0 fully saturated rings. The minimum Gasteiger partial charge on any atom is -0.235 e. The van der Waals surface area contributed by atoms with Gasteiger partial charge in [0, 0.05) is 0 Å². The number of thioether (sulfide) groups is 1. The van der Waals surface area contributed by atoms with Gasteiger partial charge in [-0.15, -0.1) is 0 Å². The summed E-state index contributed by atoms with van der Waals surface area (Å²) in [6, 6.07) is 0. The second-order valence-electron chi connectivity index (χ2n) is 2.55. The molecule has 0 atom stereocenters. The first-order valence-electron chi connectivity index (χ1n) is 3.99. The van der Waals surface area contributed by atoms with Gasteiger partial charge in [0.1, 0.15) is 17.4 Å². The molecular formula is C9H8N4S. The Balaban J connectivity index is 2.76. The zero-order chi connectivity index (χ0) is 9.97. The third kappa shape index (κ3) is 1.46. The summed E-state index contributed by atoms with van der Waals surface area (Å²) in [6.45, 7) is 3.68. The predicted molar refractivity (Wildman–Crippen MR) is 57.0 cm³/mol. The average Bonchev–Trinajstić information content (AvgIpc) is 2.27. The molecule has 14 heavy (non-hydrogen) atoms. The standard InChI is InChI=1S/C9H8N4S/c1-3-6-8-7(12-5-11-6)4-10-9(13-8)14-2/h3-5H,1H2,2H3. The van der Waals surface area contributed by atoms with E-state index in [0.717, 1.165) is 21.9 Å². The highest BCUT2D eigenvalue weighted by atomic mass is 32.2. The quantitative estimate of drug-likeness (QED) is 0.551. The van der Waals surface area contributed by atoms with Gasteiger partial charge in [0.05, 0.1) is 11.9 Å². The van der Waals surface area contributed by atoms with Crippen LogP contribution >= 0.6 is 11.8 Å². The molecule has 0 aromatic carbocycles. The highest BCUT2D eigenvalue weighted by molar-refractivity contribution is 7.98. The molecule has 2 aromatic heterocycles. The van der Waals surface area contributed by atoms with Gasteiger partial charge in [-0.3, -0.25) is 0 Å². The molecule has 0 amide bonds. The monoisotopic (exact) mass is 204 g/mol. The summed E-state index contributed by atoms with van der Waals surface area (Å²) in [5.74, 6) is 0. The molecule has 70 valence electrons. The number of aromatic nitrogens is 4. The van der Waals surface area contributed by atoms with Crippen molar-refractivity contribution < 1.29 is 0 Å². The molecule has 5 heteroatoms. The lowest BCUT2D eigenvalue weighted by Crippen LogP contribution is -1.93. The van der Waals surface area contributed by atoms with Gasteiger partial charge in [-0.25, -0.2) is 19.9 Å². The van der Waals surface area contributed by atoms with Crippen LogP contribution in [0.2, 0.25) is 0 Å². The SMILES string of the molecule is C=Cc1ncnc2cnc(SC)nc12. The Kier molecular flexibility index (Phi) is 2.41. The Labute approximate surface area is 85.5 Å². The topological polar surface area (TPSA) is 51.6 Å². The summed E-state index contributed by atoms with van der Waals surface area (Å²) < 4.78 is 0. The molecule has 0 bridgehead atoms. The van der Waals surface area contributed by atoms with Crippen LogP contribution in [-0.4, -0.2) is 26.2 Å². The van der Waals surface area contributed by atoms with E-state index < -0.39 is 0 Å². The zero-order valence-electron chi connectivity index (χ0n) is 7.64. The van der Waals surface area contributed by atoms with E-state index in [-0.39, 0.29) is 0 Å². The predicted octanol–water partition coefficient (Wildman–Crippen LogP) is 1.78. The van der Waals surface area contributed by atoms with E-state index in [1.807, 2.05) is 6.26 Å². The van der Waals surface area contributed by atoms with Crippen LogP contribution in [0.4, 0.5) is 0 Å². The van der Waals surface area contributed by atoms with Crippen LogP contribution in [0, 0.1) is 0 Å². The van der Waals surface area contributed by atoms with Gasteiger partial charge in [0.2, 0.25) is 0 Å². The lowest BCUT2D eigenvalue weighted by atomic mass is 10.3. The second-order valence-corrected chi connectivity index (χ2v) is 3.33. The minimum atomic E-state index is 0.718. The van der Waals surface area contributed by atoms with Crippen LogP contribution < -0.4 is 0 Å². The van der Waals surface area contributed by atoms with Crippen LogP contribution in [0.25, 0.3) is 17.1 Å². The first-order chi connectivity index (χ1) is 6.85. The van der Waals surface area contributed by atoms with E-state index in [1.165, 1.54) is 18.1 Å². The number of fused-ring (bicyclic) bond motifs is 1. The molecule has 2 aromatic rings. The van der Waals surface area contributed by atoms with Crippen LogP contribution in [0.1, 0.15) is 5.69 Å². The molecule has 0 aliphatic carbocycles. The Morgan fingerprint density at radius 1 is 1.36 bits per heavy atom. The third-order valence-corrected chi connectivity index (χ3v) is 2.32. The van der Waals surface area contributed by atoms with Crippen LogP contribution in [0.5, 0.6) is 0 Å². The molecule has 2 rings (SSSR count). The van der Waals surface area contributed by atoms with Crippen molar-refractivity contribution in [1.82, 2.24) is 19.9 Å². The maximum Gasteiger partial charge on any atom is 0.188 e. The Morgan fingerprint density at radius 2 is 2.21 bits per heavy atom. The van der Waals surface area contributed by atoms with Crippen molar-refractivity contribution in [2.24, 2.45) is 0 Å². The van der Waals surface area contributed by atoms with Crippen molar-refractivity contribution in [3.8, 4) is 0 Å². The lowest BCUT2D eigenvalue weighted by Gasteiger charge is -2.00. The van der Waals surface area contributed by atoms with Gasteiger partial charge in [-0.05, 0) is 12.3 Å². The molecule has 0 saturated heterocycles. The van der Waals surface area contributed by atoms with Gasteiger partial charge in [-0.1, -0.05) is 18.3 Å². The highest BCUT2D eigenvalue weighted by Crippen LogP contribution is 2.15. The number of nitrogens with zero attached hydrogens (tertiary/aromatic N) is 4. The van der Waals surface area contributed by atoms with E-state index in [0.29, 0.717) is 0 Å². The van der Waals surface area contributed by atoms with E-state index in [2.05, 4.69) is 26.5 Å². The Bertz CT molecular complexity index is 483. The van der Waals surface area contributed by atoms with E-state index >= 15 is 0 Å². The number of rotatable bonds is 2. The van der Waals surface area contributed by atoms with Gasteiger partial charge in [0.15, 0.2) is 5.16 Å². The van der Waals surface area contributed by atoms with E-state index in [1.54, 1.807) is 12.3 Å². The molecule has 0 aliphatic rings. The second kappa shape index (κ2) is 3.71. The summed E-state index contributed by atoms with van der Waals surface area (Å²) in [7, 11) is 0. The van der Waals surface area contributed by atoms with E-state index in [4.69, 9.17) is 0 Å². The number of hydrogen-bond donors (Lipinski definition) is 0. The maximum atomic E-state index is 4.32. The fourth-order valence-corrected chi connectivity index (χ4v) is 1.45. The molecule has 0 saturated carbocycles. The average molecular weight is 204 g/mol. The first-order valence-corrected chi connectivity index (χ1v) is 5.22. The highest BCUT2D eigenvalue weighted by Gasteiger charge is 2.03. The molecule has 0 unspecified atom stereocenters. The summed E-state index contributed by atoms with van der Waals surface area (Å²) in [5, 5.41) is 0.718. The fourth-order valence-electron chi connectivity index (χ4n) is 1.10. The van der Waals surface area contributed by atoms with Crippen molar-refractivity contribution >= 4 is 28.9 Å². The molecule has 4 nitrogen and oxygen atoms in total. The molecule has 0 N–H and O–H groups in total. The summed E-state index contributed by atoms with van der Waals surface area (Å²) in [6.07, 6.45) is 6.78. The summed E-state index contributed by atoms with van der Waals surface area (Å²) >= 11 is 1.49. The molecule has 0 aliphatic heterocycles.